The Morgan fingerprint density at radius 2 is 2.04 bits per heavy atom. The zero-order valence-electron chi connectivity index (χ0n) is 13.0. The van der Waals surface area contributed by atoms with Gasteiger partial charge < -0.3 is 5.11 Å². The fourth-order valence-corrected chi connectivity index (χ4v) is 4.50. The maximum absolute atomic E-state index is 11.2. The van der Waals surface area contributed by atoms with Crippen LogP contribution in [0.4, 0.5) is 0 Å². The van der Waals surface area contributed by atoms with E-state index in [1.165, 1.54) is 16.0 Å². The average molecular weight is 350 g/mol. The van der Waals surface area contributed by atoms with Crippen molar-refractivity contribution >= 4 is 28.9 Å². The van der Waals surface area contributed by atoms with Crippen LogP contribution in [-0.4, -0.2) is 29.1 Å². The van der Waals surface area contributed by atoms with Gasteiger partial charge in [-0.25, -0.2) is 0 Å². The number of hydrogen-bond donors (Lipinski definition) is 1. The summed E-state index contributed by atoms with van der Waals surface area (Å²) in [6.07, 6.45) is 1.41. The first-order valence-electron chi connectivity index (χ1n) is 7.83. The summed E-state index contributed by atoms with van der Waals surface area (Å²) >= 11 is 7.75. The van der Waals surface area contributed by atoms with Gasteiger partial charge >= 0.3 is 5.97 Å². The van der Waals surface area contributed by atoms with Crippen LogP contribution < -0.4 is 0 Å². The van der Waals surface area contributed by atoms with Gasteiger partial charge in [0.15, 0.2) is 0 Å². The standard InChI is InChI=1S/C18H20ClNO2S/c1-12-3-2-4-14(11-12)17(15-5-6-16(19)23-15)20-9-7-13(8-10-20)18(21)22/h2-6,11,13,17H,7-10H2,1H3,(H,21,22). The molecule has 0 spiro atoms. The van der Waals surface area contributed by atoms with Gasteiger partial charge in [-0.1, -0.05) is 41.4 Å². The van der Waals surface area contributed by atoms with E-state index < -0.39 is 5.97 Å². The Morgan fingerprint density at radius 3 is 2.61 bits per heavy atom. The lowest BCUT2D eigenvalue weighted by molar-refractivity contribution is -0.143. The van der Waals surface area contributed by atoms with Crippen molar-refractivity contribution in [2.45, 2.75) is 25.8 Å². The maximum atomic E-state index is 11.2. The largest absolute Gasteiger partial charge is 0.481 e. The quantitative estimate of drug-likeness (QED) is 0.877. The highest BCUT2D eigenvalue weighted by Gasteiger charge is 2.30. The Morgan fingerprint density at radius 1 is 1.30 bits per heavy atom. The second-order valence-electron chi connectivity index (χ2n) is 6.11. The van der Waals surface area contributed by atoms with Gasteiger partial charge in [0.25, 0.3) is 0 Å². The number of piperidine rings is 1. The Balaban J connectivity index is 1.89. The molecule has 3 rings (SSSR count). The van der Waals surface area contributed by atoms with Crippen LogP contribution in [0.15, 0.2) is 36.4 Å². The van der Waals surface area contributed by atoms with Crippen LogP contribution in [0.3, 0.4) is 0 Å². The first-order chi connectivity index (χ1) is 11.0. The van der Waals surface area contributed by atoms with Crippen LogP contribution in [0.25, 0.3) is 0 Å². The second-order valence-corrected chi connectivity index (χ2v) is 7.85. The smallest absolute Gasteiger partial charge is 0.306 e. The minimum atomic E-state index is -0.670. The van der Waals surface area contributed by atoms with Gasteiger partial charge in [-0.15, -0.1) is 11.3 Å². The summed E-state index contributed by atoms with van der Waals surface area (Å²) in [5.74, 6) is -0.882. The third-order valence-electron chi connectivity index (χ3n) is 4.47. The lowest BCUT2D eigenvalue weighted by atomic mass is 9.93. The van der Waals surface area contributed by atoms with E-state index in [0.29, 0.717) is 12.8 Å². The van der Waals surface area contributed by atoms with Gasteiger partial charge in [-0.3, -0.25) is 9.69 Å². The molecule has 0 saturated carbocycles. The molecular formula is C18H20ClNO2S. The minimum absolute atomic E-state index is 0.155. The van der Waals surface area contributed by atoms with Crippen molar-refractivity contribution in [2.75, 3.05) is 13.1 Å². The highest BCUT2D eigenvalue weighted by atomic mass is 35.5. The van der Waals surface area contributed by atoms with Crippen LogP contribution in [0.1, 0.15) is 34.9 Å². The lowest BCUT2D eigenvalue weighted by Gasteiger charge is -2.36. The molecule has 2 heterocycles. The van der Waals surface area contributed by atoms with Crippen molar-refractivity contribution in [2.24, 2.45) is 5.92 Å². The number of aliphatic carboxylic acids is 1. The van der Waals surface area contributed by atoms with E-state index in [1.54, 1.807) is 11.3 Å². The van der Waals surface area contributed by atoms with Crippen molar-refractivity contribution in [3.63, 3.8) is 0 Å². The van der Waals surface area contributed by atoms with Gasteiger partial charge in [-0.05, 0) is 50.6 Å². The normalized spacial score (nSPS) is 18.0. The molecule has 1 fully saturated rings. The van der Waals surface area contributed by atoms with Crippen LogP contribution in [0.2, 0.25) is 4.34 Å². The van der Waals surface area contributed by atoms with Crippen LogP contribution in [0.5, 0.6) is 0 Å². The fraction of sp³-hybridized carbons (Fsp3) is 0.389. The summed E-state index contributed by atoms with van der Waals surface area (Å²) in [6, 6.07) is 12.7. The third kappa shape index (κ3) is 3.77. The average Bonchev–Trinajstić information content (AvgIpc) is 2.94. The summed E-state index contributed by atoms with van der Waals surface area (Å²) in [4.78, 5) is 14.8. The number of halogens is 1. The molecule has 2 aromatic rings. The number of thiophene rings is 1. The first kappa shape index (κ1) is 16.5. The van der Waals surface area contributed by atoms with E-state index >= 15 is 0 Å². The molecule has 122 valence electrons. The molecule has 1 saturated heterocycles. The van der Waals surface area contributed by atoms with E-state index in [2.05, 4.69) is 42.2 Å². The van der Waals surface area contributed by atoms with Crippen molar-refractivity contribution in [3.8, 4) is 0 Å². The number of rotatable bonds is 4. The number of carboxylic acid groups (broad SMARTS) is 1. The molecule has 1 N–H and O–H groups in total. The number of hydrogen-bond acceptors (Lipinski definition) is 3. The van der Waals surface area contributed by atoms with Crippen molar-refractivity contribution < 1.29 is 9.90 Å². The van der Waals surface area contributed by atoms with E-state index in [0.717, 1.165) is 17.4 Å². The lowest BCUT2D eigenvalue weighted by Crippen LogP contribution is -2.39. The molecule has 1 atom stereocenters. The Kier molecular flexibility index (Phi) is 5.05. The zero-order chi connectivity index (χ0) is 16.4. The minimum Gasteiger partial charge on any atom is -0.481 e. The number of benzene rings is 1. The number of likely N-dealkylation sites (tertiary alicyclic amines) is 1. The fourth-order valence-electron chi connectivity index (χ4n) is 3.28. The van der Waals surface area contributed by atoms with Crippen LogP contribution >= 0.6 is 22.9 Å². The van der Waals surface area contributed by atoms with Gasteiger partial charge in [0.1, 0.15) is 0 Å². The summed E-state index contributed by atoms with van der Waals surface area (Å²) in [5.41, 5.74) is 2.48. The van der Waals surface area contributed by atoms with Gasteiger partial charge in [0, 0.05) is 4.88 Å². The molecule has 1 aromatic carbocycles. The molecule has 0 amide bonds. The molecule has 0 bridgehead atoms. The van der Waals surface area contributed by atoms with Crippen molar-refractivity contribution in [3.05, 3.63) is 56.7 Å². The molecular weight excluding hydrogens is 330 g/mol. The molecule has 0 radical (unpaired) electrons. The molecule has 0 aliphatic carbocycles. The highest BCUT2D eigenvalue weighted by Crippen LogP contribution is 2.37. The predicted octanol–water partition coefficient (Wildman–Crippen LogP) is 4.60. The Labute approximate surface area is 145 Å². The molecule has 1 aliphatic heterocycles. The predicted molar refractivity (Wildman–Crippen MR) is 94.3 cm³/mol. The van der Waals surface area contributed by atoms with E-state index in [4.69, 9.17) is 11.6 Å². The van der Waals surface area contributed by atoms with Crippen LogP contribution in [-0.2, 0) is 4.79 Å². The van der Waals surface area contributed by atoms with Gasteiger partial charge in [0.2, 0.25) is 0 Å². The van der Waals surface area contributed by atoms with E-state index in [9.17, 15) is 9.90 Å². The number of nitrogens with zero attached hydrogens (tertiary/aromatic N) is 1. The third-order valence-corrected chi connectivity index (χ3v) is 5.75. The SMILES string of the molecule is Cc1cccc(C(c2ccc(Cl)s2)N2CCC(C(=O)O)CC2)c1. The van der Waals surface area contributed by atoms with Gasteiger partial charge in [-0.2, -0.15) is 0 Å². The van der Waals surface area contributed by atoms with E-state index in [-0.39, 0.29) is 12.0 Å². The number of carboxylic acids is 1. The molecule has 23 heavy (non-hydrogen) atoms. The number of carbonyl (C=O) groups is 1. The molecule has 5 heteroatoms. The molecule has 1 aromatic heterocycles. The molecule has 1 unspecified atom stereocenters. The van der Waals surface area contributed by atoms with Crippen molar-refractivity contribution in [1.82, 2.24) is 4.90 Å². The summed E-state index contributed by atoms with van der Waals surface area (Å²) in [7, 11) is 0. The van der Waals surface area contributed by atoms with Crippen molar-refractivity contribution in [1.29, 1.82) is 0 Å². The monoisotopic (exact) mass is 349 g/mol. The first-order valence-corrected chi connectivity index (χ1v) is 9.02. The van der Waals surface area contributed by atoms with Gasteiger partial charge in [0.05, 0.1) is 16.3 Å². The summed E-state index contributed by atoms with van der Waals surface area (Å²) in [5, 5.41) is 9.20. The Bertz CT molecular complexity index is 692. The highest BCUT2D eigenvalue weighted by molar-refractivity contribution is 7.16. The summed E-state index contributed by atoms with van der Waals surface area (Å²) < 4.78 is 0.790. The number of aryl methyl sites for hydroxylation is 1. The molecule has 1 aliphatic rings. The van der Waals surface area contributed by atoms with Crippen LogP contribution in [0, 0.1) is 12.8 Å². The topological polar surface area (TPSA) is 40.5 Å². The maximum Gasteiger partial charge on any atom is 0.306 e. The summed E-state index contributed by atoms with van der Waals surface area (Å²) in [6.45, 7) is 3.69. The second kappa shape index (κ2) is 7.04. The Hall–Kier alpha value is -1.36. The zero-order valence-corrected chi connectivity index (χ0v) is 14.6. The van der Waals surface area contributed by atoms with E-state index in [1.807, 2.05) is 6.07 Å². The molecule has 3 nitrogen and oxygen atoms in total.